The summed E-state index contributed by atoms with van der Waals surface area (Å²) in [7, 11) is 0. The molecule has 10 heteroatoms. The van der Waals surface area contributed by atoms with Crippen LogP contribution < -0.4 is 0 Å². The first-order chi connectivity index (χ1) is 17.0. The van der Waals surface area contributed by atoms with Gasteiger partial charge in [0.25, 0.3) is 0 Å². The second-order valence-electron chi connectivity index (χ2n) is 11.2. The minimum Gasteiger partial charge on any atom is -0.466 e. The highest BCUT2D eigenvalue weighted by Gasteiger charge is 2.57. The smallest absolute Gasteiger partial charge is 0.305 e. The summed E-state index contributed by atoms with van der Waals surface area (Å²) in [6, 6.07) is 0. The van der Waals surface area contributed by atoms with Crippen LogP contribution in [0.5, 0.6) is 0 Å². The fraction of sp³-hybridized carbons (Fsp3) is 0.923. The zero-order valence-corrected chi connectivity index (χ0v) is 22.2. The SMILES string of the molecule is CC(C)CC1(C)OC2C3COC(C)(CCC(=O)OCCCCOC(=O)CCC4(C)OCC(O4)C2O1)O3. The zero-order chi connectivity index (χ0) is 26.0. The standard InChI is InChI=1S/C26H42O10/c1-17(2)14-26(5)35-22-18-15-31-24(3,33-18)10-8-20(27)29-12-6-7-13-30-21(28)9-11-25(4)32-16-19(34-25)23(22)36-26/h17-19,22-23H,6-16H2,1-5H3. The molecule has 0 spiro atoms. The molecule has 4 fully saturated rings. The van der Waals surface area contributed by atoms with Crippen molar-refractivity contribution >= 4 is 11.9 Å². The molecule has 10 nitrogen and oxygen atoms in total. The molecule has 4 aliphatic rings. The summed E-state index contributed by atoms with van der Waals surface area (Å²) in [5, 5.41) is 0. The molecule has 4 aliphatic heterocycles. The van der Waals surface area contributed by atoms with Gasteiger partial charge in [0.15, 0.2) is 17.4 Å². The third-order valence-corrected chi connectivity index (χ3v) is 7.14. The topological polar surface area (TPSA) is 108 Å². The Morgan fingerprint density at radius 2 is 1.19 bits per heavy atom. The summed E-state index contributed by atoms with van der Waals surface area (Å²) in [4.78, 5) is 24.4. The van der Waals surface area contributed by atoms with E-state index in [-0.39, 0.29) is 38.0 Å². The van der Waals surface area contributed by atoms with E-state index in [1.54, 1.807) is 0 Å². The number of hydrogen-bond donors (Lipinski definition) is 0. The summed E-state index contributed by atoms with van der Waals surface area (Å²) < 4.78 is 48.4. The molecule has 0 N–H and O–H groups in total. The fourth-order valence-electron chi connectivity index (χ4n) is 5.41. The normalized spacial score (nSPS) is 43.2. The molecule has 0 radical (unpaired) electrons. The minimum atomic E-state index is -0.925. The van der Waals surface area contributed by atoms with Crippen molar-refractivity contribution in [3.8, 4) is 0 Å². The van der Waals surface area contributed by atoms with E-state index in [9.17, 15) is 9.59 Å². The van der Waals surface area contributed by atoms with Gasteiger partial charge in [-0.25, -0.2) is 0 Å². The predicted molar refractivity (Wildman–Crippen MR) is 126 cm³/mol. The molecule has 4 heterocycles. The molecule has 0 aliphatic carbocycles. The van der Waals surface area contributed by atoms with Crippen LogP contribution in [0.3, 0.4) is 0 Å². The maximum atomic E-state index is 12.2. The molecule has 4 bridgehead atoms. The van der Waals surface area contributed by atoms with Crippen molar-refractivity contribution in [3.05, 3.63) is 0 Å². The quantitative estimate of drug-likeness (QED) is 0.510. The van der Waals surface area contributed by atoms with Crippen LogP contribution in [0.4, 0.5) is 0 Å². The Balaban J connectivity index is 1.51. The van der Waals surface area contributed by atoms with Gasteiger partial charge in [-0.05, 0) is 39.5 Å². The monoisotopic (exact) mass is 514 g/mol. The number of ether oxygens (including phenoxy) is 8. The van der Waals surface area contributed by atoms with E-state index in [0.29, 0.717) is 51.2 Å². The van der Waals surface area contributed by atoms with Crippen molar-refractivity contribution in [2.75, 3.05) is 26.4 Å². The van der Waals surface area contributed by atoms with Crippen molar-refractivity contribution in [2.45, 2.75) is 121 Å². The lowest BCUT2D eigenvalue weighted by atomic mass is 10.0. The highest BCUT2D eigenvalue weighted by Crippen LogP contribution is 2.43. The Hall–Kier alpha value is -1.30. The molecule has 6 unspecified atom stereocenters. The lowest BCUT2D eigenvalue weighted by Gasteiger charge is -2.28. The Kier molecular flexibility index (Phi) is 8.63. The molecule has 6 atom stereocenters. The van der Waals surface area contributed by atoms with Gasteiger partial charge < -0.3 is 37.9 Å². The Morgan fingerprint density at radius 3 is 1.61 bits per heavy atom. The third kappa shape index (κ3) is 6.96. The van der Waals surface area contributed by atoms with Crippen LogP contribution in [0.25, 0.3) is 0 Å². The number of carbonyl (C=O) groups is 2. The molecule has 0 saturated carbocycles. The third-order valence-electron chi connectivity index (χ3n) is 7.14. The van der Waals surface area contributed by atoms with Gasteiger partial charge >= 0.3 is 11.9 Å². The molecule has 4 saturated heterocycles. The maximum Gasteiger partial charge on any atom is 0.305 e. The largest absolute Gasteiger partial charge is 0.466 e. The lowest BCUT2D eigenvalue weighted by Crippen LogP contribution is -2.45. The molecule has 206 valence electrons. The first kappa shape index (κ1) is 27.7. The first-order valence-corrected chi connectivity index (χ1v) is 13.3. The second kappa shape index (κ2) is 11.2. The van der Waals surface area contributed by atoms with Gasteiger partial charge in [-0.1, -0.05) is 13.8 Å². The first-order valence-electron chi connectivity index (χ1n) is 13.3. The van der Waals surface area contributed by atoms with Gasteiger partial charge in [-0.3, -0.25) is 9.59 Å². The number of esters is 2. The summed E-state index contributed by atoms with van der Waals surface area (Å²) in [5.41, 5.74) is 0. The number of fused-ring (bicyclic) bond motifs is 7. The van der Waals surface area contributed by atoms with Gasteiger partial charge in [0.1, 0.15) is 24.4 Å². The molecular weight excluding hydrogens is 472 g/mol. The van der Waals surface area contributed by atoms with E-state index in [4.69, 9.17) is 37.9 Å². The molecular formula is C26H42O10. The van der Waals surface area contributed by atoms with Gasteiger partial charge in [0.2, 0.25) is 0 Å². The van der Waals surface area contributed by atoms with E-state index >= 15 is 0 Å². The summed E-state index contributed by atoms with van der Waals surface area (Å²) in [6.45, 7) is 11.0. The van der Waals surface area contributed by atoms with E-state index < -0.39 is 41.8 Å². The van der Waals surface area contributed by atoms with Crippen molar-refractivity contribution in [3.63, 3.8) is 0 Å². The molecule has 0 aromatic heterocycles. The Morgan fingerprint density at radius 1 is 0.750 bits per heavy atom. The van der Waals surface area contributed by atoms with Crippen molar-refractivity contribution in [1.29, 1.82) is 0 Å². The molecule has 0 amide bonds. The maximum absolute atomic E-state index is 12.2. The minimum absolute atomic E-state index is 0.173. The van der Waals surface area contributed by atoms with Crippen molar-refractivity contribution in [1.82, 2.24) is 0 Å². The Labute approximate surface area is 213 Å². The van der Waals surface area contributed by atoms with Crippen molar-refractivity contribution < 1.29 is 47.5 Å². The average Bonchev–Trinajstić information content (AvgIpc) is 3.48. The van der Waals surface area contributed by atoms with Crippen molar-refractivity contribution in [2.24, 2.45) is 5.92 Å². The van der Waals surface area contributed by atoms with Crippen LogP contribution in [0.1, 0.15) is 79.6 Å². The summed E-state index contributed by atoms with van der Waals surface area (Å²) in [6.07, 6.45) is 1.31. The number of carbonyl (C=O) groups excluding carboxylic acids is 2. The highest BCUT2D eigenvalue weighted by molar-refractivity contribution is 5.69. The lowest BCUT2D eigenvalue weighted by molar-refractivity contribution is -0.200. The fourth-order valence-corrected chi connectivity index (χ4v) is 5.41. The number of cyclic esters (lactones) is 2. The van der Waals surface area contributed by atoms with Crippen LogP contribution in [0, 0.1) is 5.92 Å². The molecule has 36 heavy (non-hydrogen) atoms. The highest BCUT2D eigenvalue weighted by atomic mass is 16.8. The van der Waals surface area contributed by atoms with Gasteiger partial charge in [0, 0.05) is 19.3 Å². The van der Waals surface area contributed by atoms with E-state index in [1.807, 2.05) is 20.8 Å². The second-order valence-corrected chi connectivity index (χ2v) is 11.2. The zero-order valence-electron chi connectivity index (χ0n) is 22.2. The number of hydrogen-bond acceptors (Lipinski definition) is 10. The van der Waals surface area contributed by atoms with Crippen LogP contribution in [-0.2, 0) is 47.5 Å². The van der Waals surface area contributed by atoms with E-state index in [0.717, 1.165) is 0 Å². The average molecular weight is 515 g/mol. The van der Waals surface area contributed by atoms with Crippen LogP contribution >= 0.6 is 0 Å². The summed E-state index contributed by atoms with van der Waals surface area (Å²) in [5.74, 6) is -2.92. The summed E-state index contributed by atoms with van der Waals surface area (Å²) >= 11 is 0. The van der Waals surface area contributed by atoms with Crippen LogP contribution in [0.15, 0.2) is 0 Å². The van der Waals surface area contributed by atoms with Gasteiger partial charge in [-0.15, -0.1) is 0 Å². The Bertz CT molecular complexity index is 731. The van der Waals surface area contributed by atoms with Crippen LogP contribution in [0.2, 0.25) is 0 Å². The van der Waals surface area contributed by atoms with Crippen LogP contribution in [-0.4, -0.2) is 80.1 Å². The van der Waals surface area contributed by atoms with Gasteiger partial charge in [0.05, 0.1) is 39.3 Å². The predicted octanol–water partition coefficient (Wildman–Crippen LogP) is 3.24. The molecule has 0 aromatic rings. The molecule has 4 rings (SSSR count). The van der Waals surface area contributed by atoms with E-state index in [2.05, 4.69) is 13.8 Å². The number of rotatable bonds is 2. The molecule has 0 aromatic carbocycles. The van der Waals surface area contributed by atoms with E-state index in [1.165, 1.54) is 0 Å². The van der Waals surface area contributed by atoms with Gasteiger partial charge in [-0.2, -0.15) is 0 Å².